The number of aliphatic imine (C=N–C) groups is 1. The fraction of sp³-hybridized carbons (Fsp3) is 0.769. The Morgan fingerprint density at radius 3 is 2.95 bits per heavy atom. The second-order valence-corrected chi connectivity index (χ2v) is 4.38. The second-order valence-electron chi connectivity index (χ2n) is 4.38. The van der Waals surface area contributed by atoms with Gasteiger partial charge in [-0.05, 0) is 6.92 Å². The number of quaternary nitrogens is 1. The maximum Gasteiger partial charge on any atom is 0.328 e. The number of esters is 1. The summed E-state index contributed by atoms with van der Waals surface area (Å²) in [6.45, 7) is 7.45. The van der Waals surface area contributed by atoms with Gasteiger partial charge in [0.2, 0.25) is 0 Å². The first-order valence-corrected chi connectivity index (χ1v) is 6.75. The Labute approximate surface area is 114 Å². The summed E-state index contributed by atoms with van der Waals surface area (Å²) in [7, 11) is 0. The fourth-order valence-electron chi connectivity index (χ4n) is 1.89. The number of nitrogens with one attached hydrogen (secondary N) is 1. The van der Waals surface area contributed by atoms with Crippen molar-refractivity contribution in [2.24, 2.45) is 10.9 Å². The number of nitrogens with zero attached hydrogens (tertiary/aromatic N) is 2. The molecule has 6 heteroatoms. The van der Waals surface area contributed by atoms with E-state index >= 15 is 0 Å². The molecule has 1 saturated heterocycles. The average Bonchev–Trinajstić information content (AvgIpc) is 2.44. The summed E-state index contributed by atoms with van der Waals surface area (Å²) in [4.78, 5) is 17.0. The van der Waals surface area contributed by atoms with Crippen LogP contribution in [0.4, 0.5) is 0 Å². The highest BCUT2D eigenvalue weighted by Crippen LogP contribution is 1.95. The smallest absolute Gasteiger partial charge is 0.328 e. The summed E-state index contributed by atoms with van der Waals surface area (Å²) < 4.78 is 10.1. The first kappa shape index (κ1) is 15.6. The van der Waals surface area contributed by atoms with Gasteiger partial charge in [0.15, 0.2) is 5.92 Å². The van der Waals surface area contributed by atoms with E-state index < -0.39 is 11.9 Å². The van der Waals surface area contributed by atoms with Gasteiger partial charge in [0, 0.05) is 19.2 Å². The van der Waals surface area contributed by atoms with Crippen LogP contribution in [0.1, 0.15) is 13.3 Å². The van der Waals surface area contributed by atoms with Gasteiger partial charge in [-0.2, -0.15) is 5.26 Å². The van der Waals surface area contributed by atoms with E-state index in [1.54, 1.807) is 6.92 Å². The van der Waals surface area contributed by atoms with Crippen molar-refractivity contribution in [3.63, 3.8) is 0 Å². The minimum Gasteiger partial charge on any atom is -0.465 e. The summed E-state index contributed by atoms with van der Waals surface area (Å²) in [5, 5.41) is 8.82. The quantitative estimate of drug-likeness (QED) is 0.367. The predicted octanol–water partition coefficient (Wildman–Crippen LogP) is -0.935. The minimum absolute atomic E-state index is 0.283. The van der Waals surface area contributed by atoms with E-state index in [9.17, 15) is 4.79 Å². The molecule has 6 nitrogen and oxygen atoms in total. The van der Waals surface area contributed by atoms with Gasteiger partial charge in [0.25, 0.3) is 0 Å². The molecule has 1 aliphatic heterocycles. The lowest BCUT2D eigenvalue weighted by atomic mass is 10.2. The Balaban J connectivity index is 2.17. The summed E-state index contributed by atoms with van der Waals surface area (Å²) in [6.07, 6.45) is 2.35. The molecule has 0 amide bonds. The van der Waals surface area contributed by atoms with Crippen molar-refractivity contribution in [3.8, 4) is 6.07 Å². The van der Waals surface area contributed by atoms with Gasteiger partial charge in [-0.1, -0.05) is 0 Å². The Morgan fingerprint density at radius 2 is 2.32 bits per heavy atom. The lowest BCUT2D eigenvalue weighted by molar-refractivity contribution is -0.908. The largest absolute Gasteiger partial charge is 0.465 e. The number of hydrogen-bond acceptors (Lipinski definition) is 5. The number of hydrogen-bond donors (Lipinski definition) is 1. The van der Waals surface area contributed by atoms with Gasteiger partial charge >= 0.3 is 5.97 Å². The van der Waals surface area contributed by atoms with Crippen molar-refractivity contribution in [2.75, 3.05) is 46.0 Å². The lowest BCUT2D eigenvalue weighted by Gasteiger charge is -2.23. The van der Waals surface area contributed by atoms with Crippen LogP contribution in [0.25, 0.3) is 0 Å². The fourth-order valence-corrected chi connectivity index (χ4v) is 1.89. The van der Waals surface area contributed by atoms with Crippen LogP contribution >= 0.6 is 0 Å². The van der Waals surface area contributed by atoms with Crippen molar-refractivity contribution in [2.45, 2.75) is 13.3 Å². The predicted molar refractivity (Wildman–Crippen MR) is 70.1 cm³/mol. The molecule has 0 aromatic carbocycles. The SMILES string of the molecule is CCOC(=O)[C@H](C#N)C=NCCC[NH+]1CCOCC1. The highest BCUT2D eigenvalue weighted by atomic mass is 16.5. The van der Waals surface area contributed by atoms with Gasteiger partial charge in [-0.25, -0.2) is 0 Å². The molecule has 1 fully saturated rings. The lowest BCUT2D eigenvalue weighted by Crippen LogP contribution is -3.14. The highest BCUT2D eigenvalue weighted by molar-refractivity contribution is 5.92. The third kappa shape index (κ3) is 6.32. The first-order chi connectivity index (χ1) is 9.27. The van der Waals surface area contributed by atoms with Crippen molar-refractivity contribution >= 4 is 12.2 Å². The summed E-state index contributed by atoms with van der Waals surface area (Å²) in [5.74, 6) is -1.40. The molecule has 0 saturated carbocycles. The number of carbonyl (C=O) groups is 1. The highest BCUT2D eigenvalue weighted by Gasteiger charge is 2.16. The number of rotatable bonds is 7. The summed E-state index contributed by atoms with van der Waals surface area (Å²) >= 11 is 0. The van der Waals surface area contributed by atoms with Crippen LogP contribution in [0.2, 0.25) is 0 Å². The van der Waals surface area contributed by atoms with E-state index in [0.717, 1.165) is 39.3 Å². The molecule has 1 heterocycles. The molecule has 0 radical (unpaired) electrons. The molecule has 1 aliphatic rings. The Kier molecular flexibility index (Phi) is 7.78. The molecule has 0 spiro atoms. The molecule has 1 rings (SSSR count). The van der Waals surface area contributed by atoms with Crippen LogP contribution in [0.3, 0.4) is 0 Å². The zero-order valence-corrected chi connectivity index (χ0v) is 11.4. The van der Waals surface area contributed by atoms with E-state index in [2.05, 4.69) is 4.99 Å². The van der Waals surface area contributed by atoms with Crippen LogP contribution in [0.5, 0.6) is 0 Å². The van der Waals surface area contributed by atoms with E-state index in [1.165, 1.54) is 11.1 Å². The molecular formula is C13H22N3O3+. The van der Waals surface area contributed by atoms with Crippen LogP contribution in [0, 0.1) is 17.2 Å². The number of nitriles is 1. The number of ether oxygens (including phenoxy) is 2. The van der Waals surface area contributed by atoms with Crippen LogP contribution < -0.4 is 4.90 Å². The van der Waals surface area contributed by atoms with E-state index in [-0.39, 0.29) is 6.61 Å². The van der Waals surface area contributed by atoms with Gasteiger partial charge in [0.05, 0.1) is 32.4 Å². The van der Waals surface area contributed by atoms with E-state index in [4.69, 9.17) is 14.7 Å². The third-order valence-corrected chi connectivity index (χ3v) is 2.95. The van der Waals surface area contributed by atoms with E-state index in [0.29, 0.717) is 6.54 Å². The topological polar surface area (TPSA) is 76.1 Å². The molecule has 19 heavy (non-hydrogen) atoms. The van der Waals surface area contributed by atoms with Crippen LogP contribution in [-0.2, 0) is 14.3 Å². The van der Waals surface area contributed by atoms with Crippen molar-refractivity contribution in [3.05, 3.63) is 0 Å². The molecule has 0 aromatic rings. The van der Waals surface area contributed by atoms with Gasteiger partial charge in [-0.15, -0.1) is 0 Å². The van der Waals surface area contributed by atoms with Crippen molar-refractivity contribution < 1.29 is 19.2 Å². The molecule has 1 N–H and O–H groups in total. The number of carbonyl (C=O) groups excluding carboxylic acids is 1. The molecule has 0 unspecified atom stereocenters. The van der Waals surface area contributed by atoms with Crippen molar-refractivity contribution in [1.82, 2.24) is 0 Å². The molecule has 0 aliphatic carbocycles. The zero-order valence-electron chi connectivity index (χ0n) is 11.4. The molecule has 0 aromatic heterocycles. The molecule has 106 valence electrons. The standard InChI is InChI=1S/C13H21N3O3/c1-2-19-13(17)12(10-14)11-15-4-3-5-16-6-8-18-9-7-16/h11-12H,2-9H2,1H3/p+1/t12-/m1/s1. The zero-order chi connectivity index (χ0) is 13.9. The van der Waals surface area contributed by atoms with E-state index in [1.807, 2.05) is 6.07 Å². The number of morpholine rings is 1. The van der Waals surface area contributed by atoms with Crippen molar-refractivity contribution in [1.29, 1.82) is 5.26 Å². The Bertz CT molecular complexity index is 333. The normalized spacial score (nSPS) is 18.1. The molecular weight excluding hydrogens is 246 g/mol. The minimum atomic E-state index is -0.879. The molecule has 1 atom stereocenters. The Hall–Kier alpha value is -1.45. The van der Waals surface area contributed by atoms with Crippen LogP contribution in [0.15, 0.2) is 4.99 Å². The maximum atomic E-state index is 11.3. The second kappa shape index (κ2) is 9.48. The van der Waals surface area contributed by atoms with Gasteiger partial charge in [-0.3, -0.25) is 9.79 Å². The van der Waals surface area contributed by atoms with Gasteiger partial charge < -0.3 is 14.4 Å². The third-order valence-electron chi connectivity index (χ3n) is 2.95. The first-order valence-electron chi connectivity index (χ1n) is 6.75. The van der Waals surface area contributed by atoms with Crippen LogP contribution in [-0.4, -0.2) is 58.2 Å². The van der Waals surface area contributed by atoms with Gasteiger partial charge in [0.1, 0.15) is 13.1 Å². The average molecular weight is 268 g/mol. The summed E-state index contributed by atoms with van der Waals surface area (Å²) in [5.41, 5.74) is 0. The Morgan fingerprint density at radius 1 is 1.58 bits per heavy atom. The maximum absolute atomic E-state index is 11.3. The monoisotopic (exact) mass is 268 g/mol. The summed E-state index contributed by atoms with van der Waals surface area (Å²) in [6, 6.07) is 1.88. The molecule has 0 bridgehead atoms.